The number of pyridine rings is 1. The zero-order valence-electron chi connectivity index (χ0n) is 16.4. The predicted octanol–water partition coefficient (Wildman–Crippen LogP) is 4.68. The van der Waals surface area contributed by atoms with Crippen molar-refractivity contribution < 1.29 is 14.3 Å². The van der Waals surface area contributed by atoms with Crippen molar-refractivity contribution in [3.05, 3.63) is 83.7 Å². The van der Waals surface area contributed by atoms with Crippen molar-refractivity contribution in [3.8, 4) is 5.75 Å². The van der Waals surface area contributed by atoms with Gasteiger partial charge in [-0.3, -0.25) is 14.6 Å². The van der Waals surface area contributed by atoms with Gasteiger partial charge in [0.1, 0.15) is 5.75 Å². The zero-order valence-corrected chi connectivity index (χ0v) is 16.4. The van der Waals surface area contributed by atoms with Crippen LogP contribution in [0.2, 0.25) is 0 Å². The Labute approximate surface area is 169 Å². The van der Waals surface area contributed by atoms with Gasteiger partial charge in [-0.2, -0.15) is 0 Å². The van der Waals surface area contributed by atoms with Crippen LogP contribution in [-0.2, 0) is 0 Å². The summed E-state index contributed by atoms with van der Waals surface area (Å²) < 4.78 is 5.53. The molecule has 0 aliphatic rings. The van der Waals surface area contributed by atoms with Crippen molar-refractivity contribution in [3.63, 3.8) is 0 Å². The molecule has 0 saturated heterocycles. The minimum Gasteiger partial charge on any atom is -0.494 e. The third-order valence-corrected chi connectivity index (χ3v) is 4.22. The van der Waals surface area contributed by atoms with Gasteiger partial charge in [-0.25, -0.2) is 0 Å². The molecule has 1 heterocycles. The van der Waals surface area contributed by atoms with Crippen LogP contribution in [0.15, 0.2) is 66.9 Å². The Morgan fingerprint density at radius 1 is 0.931 bits per heavy atom. The number of aryl methyl sites for hydroxylation is 1. The molecule has 0 unspecified atom stereocenters. The summed E-state index contributed by atoms with van der Waals surface area (Å²) in [5, 5.41) is 5.65. The number of rotatable bonds is 7. The first kappa shape index (κ1) is 20.1. The minimum atomic E-state index is -0.266. The number of ether oxygens (including phenoxy) is 1. The van der Waals surface area contributed by atoms with Gasteiger partial charge in [0.15, 0.2) is 0 Å². The van der Waals surface area contributed by atoms with Crippen molar-refractivity contribution in [2.45, 2.75) is 20.3 Å². The molecule has 2 N–H and O–H groups in total. The largest absolute Gasteiger partial charge is 0.494 e. The van der Waals surface area contributed by atoms with Gasteiger partial charge in [-0.1, -0.05) is 25.1 Å². The maximum Gasteiger partial charge on any atom is 0.255 e. The number of nitrogens with zero attached hydrogens (tertiary/aromatic N) is 1. The summed E-state index contributed by atoms with van der Waals surface area (Å²) in [4.78, 5) is 29.2. The van der Waals surface area contributed by atoms with Gasteiger partial charge in [0.05, 0.1) is 29.9 Å². The summed E-state index contributed by atoms with van der Waals surface area (Å²) >= 11 is 0. The van der Waals surface area contributed by atoms with Gasteiger partial charge < -0.3 is 15.4 Å². The molecule has 2 aromatic carbocycles. The Morgan fingerprint density at radius 2 is 1.59 bits per heavy atom. The highest BCUT2D eigenvalue weighted by atomic mass is 16.5. The molecular weight excluding hydrogens is 366 g/mol. The van der Waals surface area contributed by atoms with E-state index in [9.17, 15) is 9.59 Å². The number of hydrogen-bond acceptors (Lipinski definition) is 4. The lowest BCUT2D eigenvalue weighted by Gasteiger charge is -2.11. The number of aromatic nitrogens is 1. The second kappa shape index (κ2) is 9.50. The van der Waals surface area contributed by atoms with Crippen LogP contribution in [-0.4, -0.2) is 23.4 Å². The van der Waals surface area contributed by atoms with Crippen molar-refractivity contribution in [2.75, 3.05) is 17.2 Å². The molecule has 2 amide bonds. The number of anilines is 2. The lowest BCUT2D eigenvalue weighted by atomic mass is 10.2. The van der Waals surface area contributed by atoms with Gasteiger partial charge in [-0.15, -0.1) is 0 Å². The van der Waals surface area contributed by atoms with Crippen LogP contribution in [0, 0.1) is 6.92 Å². The summed E-state index contributed by atoms with van der Waals surface area (Å²) in [5.74, 6) is 0.228. The summed E-state index contributed by atoms with van der Waals surface area (Å²) in [6.45, 7) is 4.47. The topological polar surface area (TPSA) is 80.3 Å². The smallest absolute Gasteiger partial charge is 0.255 e. The highest BCUT2D eigenvalue weighted by Crippen LogP contribution is 2.20. The molecule has 3 aromatic rings. The van der Waals surface area contributed by atoms with Crippen LogP contribution >= 0.6 is 0 Å². The first-order valence-electron chi connectivity index (χ1n) is 9.44. The second-order valence-corrected chi connectivity index (χ2v) is 6.50. The van der Waals surface area contributed by atoms with Gasteiger partial charge in [0, 0.05) is 11.1 Å². The van der Waals surface area contributed by atoms with Crippen LogP contribution in [0.25, 0.3) is 0 Å². The molecule has 0 bridgehead atoms. The lowest BCUT2D eigenvalue weighted by molar-refractivity contribution is 0.101. The maximum absolute atomic E-state index is 12.5. The number of carbonyl (C=O) groups is 2. The van der Waals surface area contributed by atoms with Crippen molar-refractivity contribution in [1.82, 2.24) is 4.98 Å². The average molecular weight is 389 g/mol. The minimum absolute atomic E-state index is 0.235. The summed E-state index contributed by atoms with van der Waals surface area (Å²) in [5.41, 5.74) is 2.75. The fraction of sp³-hybridized carbons (Fsp3) is 0.174. The number of nitrogens with one attached hydrogen (secondary N) is 2. The van der Waals surface area contributed by atoms with E-state index in [4.69, 9.17) is 4.74 Å². The summed E-state index contributed by atoms with van der Waals surface area (Å²) in [6.07, 6.45) is 2.48. The molecule has 0 fully saturated rings. The molecule has 29 heavy (non-hydrogen) atoms. The molecule has 6 heteroatoms. The molecule has 3 rings (SSSR count). The molecule has 0 aliphatic heterocycles. The van der Waals surface area contributed by atoms with E-state index >= 15 is 0 Å². The van der Waals surface area contributed by atoms with E-state index in [2.05, 4.69) is 15.6 Å². The molecule has 0 radical (unpaired) electrons. The van der Waals surface area contributed by atoms with E-state index in [1.807, 2.05) is 13.0 Å². The Morgan fingerprint density at radius 3 is 2.28 bits per heavy atom. The highest BCUT2D eigenvalue weighted by molar-refractivity contribution is 6.06. The van der Waals surface area contributed by atoms with Crippen molar-refractivity contribution >= 4 is 23.2 Å². The third kappa shape index (κ3) is 5.42. The quantitative estimate of drug-likeness (QED) is 0.615. The standard InChI is InChI=1S/C23H23N3O3/c1-3-13-29-20-11-9-18(10-12-20)22(27)25-19-14-21(16(2)24-15-19)26-23(28)17-7-5-4-6-8-17/h4-12,14-15H,3,13H2,1-2H3,(H,25,27)(H,26,28). The van der Waals surface area contributed by atoms with Gasteiger partial charge in [0.2, 0.25) is 0 Å². The molecule has 0 saturated carbocycles. The molecule has 6 nitrogen and oxygen atoms in total. The van der Waals surface area contributed by atoms with Crippen LogP contribution in [0.4, 0.5) is 11.4 Å². The fourth-order valence-electron chi connectivity index (χ4n) is 2.64. The van der Waals surface area contributed by atoms with Gasteiger partial charge >= 0.3 is 0 Å². The molecule has 1 aromatic heterocycles. The maximum atomic E-state index is 12.5. The van der Waals surface area contributed by atoms with Crippen LogP contribution < -0.4 is 15.4 Å². The number of hydrogen-bond donors (Lipinski definition) is 2. The first-order chi connectivity index (χ1) is 14.1. The van der Waals surface area contributed by atoms with E-state index in [-0.39, 0.29) is 11.8 Å². The Hall–Kier alpha value is -3.67. The van der Waals surface area contributed by atoms with Crippen molar-refractivity contribution in [2.24, 2.45) is 0 Å². The molecular formula is C23H23N3O3. The van der Waals surface area contributed by atoms with Gasteiger partial charge in [-0.05, 0) is 55.8 Å². The van der Waals surface area contributed by atoms with E-state index in [1.165, 1.54) is 0 Å². The Bertz CT molecular complexity index is 986. The molecule has 0 atom stereocenters. The van der Waals surface area contributed by atoms with E-state index in [0.29, 0.717) is 34.8 Å². The SMILES string of the molecule is CCCOc1ccc(C(=O)Nc2cnc(C)c(NC(=O)c3ccccc3)c2)cc1. The van der Waals surface area contributed by atoms with E-state index < -0.39 is 0 Å². The highest BCUT2D eigenvalue weighted by Gasteiger charge is 2.11. The van der Waals surface area contributed by atoms with Crippen LogP contribution in [0.3, 0.4) is 0 Å². The van der Waals surface area contributed by atoms with E-state index in [1.54, 1.807) is 67.7 Å². The van der Waals surface area contributed by atoms with Crippen LogP contribution in [0.5, 0.6) is 5.75 Å². The average Bonchev–Trinajstić information content (AvgIpc) is 2.75. The van der Waals surface area contributed by atoms with E-state index in [0.717, 1.165) is 12.2 Å². The third-order valence-electron chi connectivity index (χ3n) is 4.22. The Kier molecular flexibility index (Phi) is 6.58. The second-order valence-electron chi connectivity index (χ2n) is 6.50. The molecule has 0 spiro atoms. The predicted molar refractivity (Wildman–Crippen MR) is 114 cm³/mol. The zero-order chi connectivity index (χ0) is 20.6. The molecule has 0 aliphatic carbocycles. The lowest BCUT2D eigenvalue weighted by Crippen LogP contribution is -2.15. The normalized spacial score (nSPS) is 10.3. The van der Waals surface area contributed by atoms with Gasteiger partial charge in [0.25, 0.3) is 11.8 Å². The fourth-order valence-corrected chi connectivity index (χ4v) is 2.64. The number of carbonyl (C=O) groups excluding carboxylic acids is 2. The monoisotopic (exact) mass is 389 g/mol. The van der Waals surface area contributed by atoms with Crippen molar-refractivity contribution in [1.29, 1.82) is 0 Å². The van der Waals surface area contributed by atoms with Crippen LogP contribution in [0.1, 0.15) is 39.8 Å². The summed E-state index contributed by atoms with van der Waals surface area (Å²) in [6, 6.07) is 17.6. The Balaban J connectivity index is 1.69. The summed E-state index contributed by atoms with van der Waals surface area (Å²) in [7, 11) is 0. The molecule has 148 valence electrons. The number of amides is 2. The first-order valence-corrected chi connectivity index (χ1v) is 9.44. The number of benzene rings is 2.